The van der Waals surface area contributed by atoms with E-state index >= 15 is 0 Å². The number of nitrogens with zero attached hydrogens (tertiary/aromatic N) is 3. The molecule has 0 aliphatic carbocycles. The summed E-state index contributed by atoms with van der Waals surface area (Å²) in [4.78, 5) is 32.4. The van der Waals surface area contributed by atoms with E-state index in [1.54, 1.807) is 37.7 Å². The molecule has 0 bridgehead atoms. The minimum absolute atomic E-state index is 0.203. The van der Waals surface area contributed by atoms with E-state index in [2.05, 4.69) is 47.5 Å². The van der Waals surface area contributed by atoms with Crippen LogP contribution in [0.5, 0.6) is 11.5 Å². The van der Waals surface area contributed by atoms with Crippen molar-refractivity contribution in [3.8, 4) is 17.6 Å². The molecule has 0 N–H and O–H groups in total. The van der Waals surface area contributed by atoms with Crippen molar-refractivity contribution in [1.82, 2.24) is 4.57 Å². The monoisotopic (exact) mass is 733 g/mol. The molecule has 1 aliphatic heterocycles. The zero-order valence-electron chi connectivity index (χ0n) is 25.6. The molecule has 5 rings (SSSR count). The summed E-state index contributed by atoms with van der Waals surface area (Å²) in [5.41, 5.74) is 4.65. The summed E-state index contributed by atoms with van der Waals surface area (Å²) < 4.78 is 20.0. The number of halogens is 1. The van der Waals surface area contributed by atoms with E-state index in [1.807, 2.05) is 54.6 Å². The Labute approximate surface area is 279 Å². The maximum Gasteiger partial charge on any atom is 0.338 e. The largest absolute Gasteiger partial charge is 0.493 e. The first kappa shape index (κ1) is 32.2. The second-order valence-corrected chi connectivity index (χ2v) is 12.9. The first-order valence-corrected chi connectivity index (χ1v) is 16.3. The number of hydrogen-bond acceptors (Lipinski definition) is 8. The fourth-order valence-electron chi connectivity index (χ4n) is 5.19. The highest BCUT2D eigenvalue weighted by atomic mass is 127. The molecule has 1 aromatic heterocycles. The average Bonchev–Trinajstić information content (AvgIpc) is 3.33. The highest BCUT2D eigenvalue weighted by Gasteiger charge is 2.33. The van der Waals surface area contributed by atoms with Crippen molar-refractivity contribution in [1.29, 1.82) is 5.26 Å². The number of esters is 1. The van der Waals surface area contributed by atoms with Gasteiger partial charge in [-0.05, 0) is 83.3 Å². The molecule has 0 fully saturated rings. The van der Waals surface area contributed by atoms with E-state index in [9.17, 15) is 14.9 Å². The van der Waals surface area contributed by atoms with Gasteiger partial charge in [-0.25, -0.2) is 9.79 Å². The van der Waals surface area contributed by atoms with Crippen LogP contribution in [-0.4, -0.2) is 24.3 Å². The zero-order chi connectivity index (χ0) is 32.2. The molecular weight excluding hydrogens is 701 g/mol. The van der Waals surface area contributed by atoms with Crippen molar-refractivity contribution in [3.63, 3.8) is 0 Å². The third kappa shape index (κ3) is 6.60. The maximum atomic E-state index is 14.1. The molecule has 230 valence electrons. The van der Waals surface area contributed by atoms with Crippen LogP contribution < -0.4 is 24.4 Å². The van der Waals surface area contributed by atoms with Crippen molar-refractivity contribution in [2.24, 2.45) is 4.99 Å². The smallest absolute Gasteiger partial charge is 0.338 e. The molecule has 0 unspecified atom stereocenters. The lowest BCUT2D eigenvalue weighted by molar-refractivity contribution is -0.139. The van der Waals surface area contributed by atoms with Crippen LogP contribution in [0.1, 0.15) is 67.5 Å². The second kappa shape index (κ2) is 13.8. The number of carbonyl (C=O) groups excluding carboxylic acids is 1. The van der Waals surface area contributed by atoms with E-state index in [4.69, 9.17) is 14.2 Å². The van der Waals surface area contributed by atoms with Gasteiger partial charge in [-0.1, -0.05) is 67.6 Å². The summed E-state index contributed by atoms with van der Waals surface area (Å²) in [5, 5.41) is 9.43. The van der Waals surface area contributed by atoms with Gasteiger partial charge in [0.1, 0.15) is 6.61 Å². The van der Waals surface area contributed by atoms with Crippen molar-refractivity contribution in [3.05, 3.63) is 123 Å². The predicted octanol–water partition coefficient (Wildman–Crippen LogP) is 5.99. The molecule has 4 aromatic rings. The van der Waals surface area contributed by atoms with Gasteiger partial charge in [0.05, 0.1) is 50.8 Å². The van der Waals surface area contributed by atoms with Gasteiger partial charge < -0.3 is 14.2 Å². The number of aromatic nitrogens is 1. The van der Waals surface area contributed by atoms with E-state index in [-0.39, 0.29) is 18.8 Å². The number of carbonyl (C=O) groups is 1. The van der Waals surface area contributed by atoms with Crippen LogP contribution in [0.2, 0.25) is 0 Å². The topological polar surface area (TPSA) is 103 Å². The summed E-state index contributed by atoms with van der Waals surface area (Å²) in [5.74, 6) is 0.897. The fourth-order valence-corrected chi connectivity index (χ4v) is 7.02. The highest BCUT2D eigenvalue weighted by molar-refractivity contribution is 14.1. The number of ether oxygens (including phenoxy) is 3. The number of fused-ring (bicyclic) bond motifs is 1. The second-order valence-electron chi connectivity index (χ2n) is 10.7. The number of nitriles is 1. The Hall–Kier alpha value is -4.21. The van der Waals surface area contributed by atoms with Crippen molar-refractivity contribution >= 4 is 46.0 Å². The molecule has 3 aromatic carbocycles. The van der Waals surface area contributed by atoms with Gasteiger partial charge in [0.15, 0.2) is 16.3 Å². The zero-order valence-corrected chi connectivity index (χ0v) is 28.6. The Morgan fingerprint density at radius 2 is 1.91 bits per heavy atom. The summed E-state index contributed by atoms with van der Waals surface area (Å²) in [6, 6.07) is 20.5. The number of methoxy groups -OCH3 is 1. The minimum Gasteiger partial charge on any atom is -0.493 e. The summed E-state index contributed by atoms with van der Waals surface area (Å²) in [7, 11) is 1.56. The van der Waals surface area contributed by atoms with Crippen LogP contribution in [0, 0.1) is 14.9 Å². The molecule has 0 radical (unpaired) electrons. The predicted molar refractivity (Wildman–Crippen MR) is 182 cm³/mol. The lowest BCUT2D eigenvalue weighted by Gasteiger charge is -2.25. The molecular formula is C35H32IN3O5S. The molecule has 0 spiro atoms. The highest BCUT2D eigenvalue weighted by Crippen LogP contribution is 2.35. The van der Waals surface area contributed by atoms with Crippen molar-refractivity contribution in [2.45, 2.75) is 46.3 Å². The summed E-state index contributed by atoms with van der Waals surface area (Å²) >= 11 is 3.44. The van der Waals surface area contributed by atoms with Crippen LogP contribution in [0.4, 0.5) is 0 Å². The van der Waals surface area contributed by atoms with E-state index in [1.165, 1.54) is 11.3 Å². The molecule has 0 saturated heterocycles. The number of hydrogen-bond donors (Lipinski definition) is 0. The van der Waals surface area contributed by atoms with Gasteiger partial charge in [-0.2, -0.15) is 5.26 Å². The van der Waals surface area contributed by atoms with Crippen LogP contribution in [0.25, 0.3) is 6.08 Å². The van der Waals surface area contributed by atoms with Gasteiger partial charge in [0.2, 0.25) is 0 Å². The number of allylic oxidation sites excluding steroid dienone is 1. The Bertz CT molecular complexity index is 2020. The van der Waals surface area contributed by atoms with Crippen LogP contribution in [-0.2, 0) is 16.1 Å². The van der Waals surface area contributed by atoms with Crippen LogP contribution in [0.15, 0.2) is 81.7 Å². The first-order valence-electron chi connectivity index (χ1n) is 14.4. The van der Waals surface area contributed by atoms with Crippen LogP contribution >= 0.6 is 33.9 Å². The molecule has 10 heteroatoms. The van der Waals surface area contributed by atoms with Gasteiger partial charge in [-0.15, -0.1) is 0 Å². The number of benzene rings is 3. The molecule has 1 aliphatic rings. The third-order valence-electron chi connectivity index (χ3n) is 7.50. The van der Waals surface area contributed by atoms with Gasteiger partial charge in [0.25, 0.3) is 5.56 Å². The lowest BCUT2D eigenvalue weighted by atomic mass is 9.93. The minimum atomic E-state index is -0.676. The summed E-state index contributed by atoms with van der Waals surface area (Å²) in [6.07, 6.45) is 1.80. The lowest BCUT2D eigenvalue weighted by Crippen LogP contribution is -2.39. The molecule has 0 amide bonds. The quantitative estimate of drug-likeness (QED) is 0.155. The molecule has 45 heavy (non-hydrogen) atoms. The van der Waals surface area contributed by atoms with Gasteiger partial charge >= 0.3 is 5.97 Å². The summed E-state index contributed by atoms with van der Waals surface area (Å²) in [6.45, 7) is 8.19. The van der Waals surface area contributed by atoms with Gasteiger partial charge in [0, 0.05) is 5.56 Å². The molecule has 1 atom stereocenters. The SMILES string of the molecule is CCOC(=O)C1=C(C)N=c2s/c(=C\c3cc(I)c(OCc4ccccc4C#N)c(OC)c3)c(=O)n2[C@H]1c1ccc(C(C)C)cc1. The van der Waals surface area contributed by atoms with Crippen molar-refractivity contribution in [2.75, 3.05) is 13.7 Å². The molecule has 2 heterocycles. The molecule has 8 nitrogen and oxygen atoms in total. The number of rotatable bonds is 9. The molecule has 0 saturated carbocycles. The Morgan fingerprint density at radius 1 is 1.18 bits per heavy atom. The maximum absolute atomic E-state index is 14.1. The fraction of sp³-hybridized carbons (Fsp3) is 0.257. The Balaban J connectivity index is 1.57. The Morgan fingerprint density at radius 3 is 2.58 bits per heavy atom. The van der Waals surface area contributed by atoms with Gasteiger partial charge in [-0.3, -0.25) is 9.36 Å². The van der Waals surface area contributed by atoms with E-state index in [0.29, 0.717) is 43.6 Å². The standard InChI is InChI=1S/C35H32IN3O5S/c1-6-43-34(41)30-21(4)38-35-39(31(30)24-13-11-23(12-14-24)20(2)3)33(40)29(45-35)17-22-15-27(36)32(28(16-22)42-5)44-19-26-10-8-7-9-25(26)18-37/h7-17,20,31H,6,19H2,1-5H3/b29-17-/t31-/m0/s1. The Kier molecular flexibility index (Phi) is 9.90. The normalized spacial score (nSPS) is 14.5. The average molecular weight is 734 g/mol. The third-order valence-corrected chi connectivity index (χ3v) is 9.28. The van der Waals surface area contributed by atoms with E-state index < -0.39 is 12.0 Å². The van der Waals surface area contributed by atoms with Crippen LogP contribution in [0.3, 0.4) is 0 Å². The van der Waals surface area contributed by atoms with E-state index in [0.717, 1.165) is 25.8 Å². The number of thiazole rings is 1. The van der Waals surface area contributed by atoms with Crippen molar-refractivity contribution < 1.29 is 19.0 Å². The first-order chi connectivity index (χ1) is 21.7.